The molecule has 0 aromatic carbocycles. The van der Waals surface area contributed by atoms with Gasteiger partial charge in [0, 0.05) is 32.2 Å². The van der Waals surface area contributed by atoms with E-state index < -0.39 is 4.92 Å². The highest BCUT2D eigenvalue weighted by Crippen LogP contribution is 2.11. The van der Waals surface area contributed by atoms with Crippen molar-refractivity contribution in [1.29, 1.82) is 0 Å². The molecule has 0 saturated carbocycles. The van der Waals surface area contributed by atoms with Crippen molar-refractivity contribution in [2.45, 2.75) is 0 Å². The van der Waals surface area contributed by atoms with Crippen LogP contribution in [0.25, 0.3) is 0 Å². The number of aromatic nitrogens is 1. The Balaban J connectivity index is 2.29. The van der Waals surface area contributed by atoms with Gasteiger partial charge in [-0.25, -0.2) is 4.98 Å². The van der Waals surface area contributed by atoms with Crippen LogP contribution in [0.15, 0.2) is 18.3 Å². The molecule has 0 radical (unpaired) electrons. The smallest absolute Gasteiger partial charge is 0.287 e. The van der Waals surface area contributed by atoms with Crippen molar-refractivity contribution < 1.29 is 4.92 Å². The number of rotatable bonds is 7. The Kier molecular flexibility index (Phi) is 5.17. The van der Waals surface area contributed by atoms with Gasteiger partial charge < -0.3 is 16.4 Å². The van der Waals surface area contributed by atoms with Crippen LogP contribution in [-0.4, -0.2) is 36.1 Å². The fraction of sp³-hybridized carbons (Fsp3) is 0.444. The van der Waals surface area contributed by atoms with Crippen molar-refractivity contribution >= 4 is 11.5 Å². The van der Waals surface area contributed by atoms with E-state index in [1.807, 2.05) is 0 Å². The van der Waals surface area contributed by atoms with Gasteiger partial charge in [0.15, 0.2) is 0 Å². The van der Waals surface area contributed by atoms with Gasteiger partial charge in [-0.1, -0.05) is 0 Å². The summed E-state index contributed by atoms with van der Waals surface area (Å²) in [4.78, 5) is 13.8. The summed E-state index contributed by atoms with van der Waals surface area (Å²) in [7, 11) is 0. The molecule has 0 aliphatic heterocycles. The zero-order valence-electron chi connectivity index (χ0n) is 8.85. The molecule has 1 heterocycles. The lowest BCUT2D eigenvalue weighted by Crippen LogP contribution is -2.27. The van der Waals surface area contributed by atoms with E-state index in [0.29, 0.717) is 18.9 Å². The Labute approximate surface area is 93.2 Å². The molecule has 1 rings (SSSR count). The zero-order chi connectivity index (χ0) is 11.8. The predicted molar refractivity (Wildman–Crippen MR) is 61.3 cm³/mol. The van der Waals surface area contributed by atoms with E-state index in [9.17, 15) is 10.1 Å². The van der Waals surface area contributed by atoms with Gasteiger partial charge in [-0.3, -0.25) is 10.1 Å². The third-order valence-electron chi connectivity index (χ3n) is 1.89. The summed E-state index contributed by atoms with van der Waals surface area (Å²) in [5.74, 6) is 0.625. The number of nitrogens with zero attached hydrogens (tertiary/aromatic N) is 2. The fourth-order valence-electron chi connectivity index (χ4n) is 1.10. The van der Waals surface area contributed by atoms with Crippen LogP contribution in [0.1, 0.15) is 0 Å². The highest BCUT2D eigenvalue weighted by molar-refractivity contribution is 5.39. The lowest BCUT2D eigenvalue weighted by atomic mass is 10.4. The lowest BCUT2D eigenvalue weighted by Gasteiger charge is -2.05. The quantitative estimate of drug-likeness (QED) is 0.341. The van der Waals surface area contributed by atoms with E-state index in [1.54, 1.807) is 6.07 Å². The monoisotopic (exact) mass is 225 g/mol. The van der Waals surface area contributed by atoms with Crippen LogP contribution in [0.4, 0.5) is 11.5 Å². The molecule has 88 valence electrons. The molecule has 0 aliphatic carbocycles. The van der Waals surface area contributed by atoms with Crippen molar-refractivity contribution in [3.63, 3.8) is 0 Å². The maximum absolute atomic E-state index is 10.4. The third kappa shape index (κ3) is 4.20. The summed E-state index contributed by atoms with van der Waals surface area (Å²) in [6, 6.07) is 3.00. The van der Waals surface area contributed by atoms with Gasteiger partial charge in [-0.2, -0.15) is 0 Å². The van der Waals surface area contributed by atoms with Crippen LogP contribution >= 0.6 is 0 Å². The zero-order valence-corrected chi connectivity index (χ0v) is 8.85. The van der Waals surface area contributed by atoms with Crippen LogP contribution < -0.4 is 16.4 Å². The standard InChI is InChI=1S/C9H15N5O2/c10-3-4-11-5-6-12-9-2-1-8(7-13-9)14(15)16/h1-2,7,11H,3-6,10H2,(H,12,13). The minimum atomic E-state index is -0.473. The van der Waals surface area contributed by atoms with Crippen LogP contribution in [0.3, 0.4) is 0 Å². The second-order valence-electron chi connectivity index (χ2n) is 3.12. The molecule has 0 saturated heterocycles. The van der Waals surface area contributed by atoms with Crippen molar-refractivity contribution in [2.75, 3.05) is 31.5 Å². The third-order valence-corrected chi connectivity index (χ3v) is 1.89. The highest BCUT2D eigenvalue weighted by atomic mass is 16.6. The summed E-state index contributed by atoms with van der Waals surface area (Å²) in [6.45, 7) is 2.85. The minimum absolute atomic E-state index is 0.00759. The SMILES string of the molecule is NCCNCCNc1ccc([N+](=O)[O-])cn1. The molecule has 7 heteroatoms. The van der Waals surface area contributed by atoms with E-state index in [-0.39, 0.29) is 5.69 Å². The lowest BCUT2D eigenvalue weighted by molar-refractivity contribution is -0.385. The first kappa shape index (κ1) is 12.3. The molecular formula is C9H15N5O2. The highest BCUT2D eigenvalue weighted by Gasteiger charge is 2.04. The summed E-state index contributed by atoms with van der Waals surface area (Å²) < 4.78 is 0. The van der Waals surface area contributed by atoms with Crippen LogP contribution in [0.2, 0.25) is 0 Å². The van der Waals surface area contributed by atoms with Crippen LogP contribution in [-0.2, 0) is 0 Å². The molecule has 0 atom stereocenters. The Morgan fingerprint density at radius 3 is 2.75 bits per heavy atom. The molecule has 7 nitrogen and oxygen atoms in total. The number of hydrogen-bond acceptors (Lipinski definition) is 6. The maximum Gasteiger partial charge on any atom is 0.287 e. The van der Waals surface area contributed by atoms with Crippen molar-refractivity contribution in [1.82, 2.24) is 10.3 Å². The molecule has 0 fully saturated rings. The van der Waals surface area contributed by atoms with Crippen LogP contribution in [0.5, 0.6) is 0 Å². The molecular weight excluding hydrogens is 210 g/mol. The molecule has 0 unspecified atom stereocenters. The Bertz CT molecular complexity index is 327. The largest absolute Gasteiger partial charge is 0.369 e. The van der Waals surface area contributed by atoms with Gasteiger partial charge in [0.1, 0.15) is 12.0 Å². The summed E-state index contributed by atoms with van der Waals surface area (Å²) >= 11 is 0. The first-order valence-corrected chi connectivity index (χ1v) is 4.99. The van der Waals surface area contributed by atoms with E-state index in [1.165, 1.54) is 12.3 Å². The maximum atomic E-state index is 10.4. The molecule has 16 heavy (non-hydrogen) atoms. The number of nitrogens with one attached hydrogen (secondary N) is 2. The summed E-state index contributed by atoms with van der Waals surface area (Å²) in [5, 5.41) is 16.5. The molecule has 0 amide bonds. The van der Waals surface area contributed by atoms with E-state index >= 15 is 0 Å². The Morgan fingerprint density at radius 2 is 2.19 bits per heavy atom. The second-order valence-corrected chi connectivity index (χ2v) is 3.12. The second kappa shape index (κ2) is 6.70. The van der Waals surface area contributed by atoms with Crippen molar-refractivity contribution in [3.8, 4) is 0 Å². The van der Waals surface area contributed by atoms with Gasteiger partial charge in [-0.05, 0) is 6.07 Å². The first-order valence-electron chi connectivity index (χ1n) is 4.99. The summed E-state index contributed by atoms with van der Waals surface area (Å²) in [5.41, 5.74) is 5.30. The van der Waals surface area contributed by atoms with E-state index in [2.05, 4.69) is 15.6 Å². The van der Waals surface area contributed by atoms with Crippen molar-refractivity contribution in [3.05, 3.63) is 28.4 Å². The van der Waals surface area contributed by atoms with Gasteiger partial charge in [-0.15, -0.1) is 0 Å². The topological polar surface area (TPSA) is 106 Å². The Morgan fingerprint density at radius 1 is 1.38 bits per heavy atom. The molecule has 4 N–H and O–H groups in total. The van der Waals surface area contributed by atoms with E-state index in [0.717, 1.165) is 13.1 Å². The number of nitrogens with two attached hydrogens (primary N) is 1. The minimum Gasteiger partial charge on any atom is -0.369 e. The molecule has 0 bridgehead atoms. The number of anilines is 1. The number of pyridine rings is 1. The van der Waals surface area contributed by atoms with Gasteiger partial charge in [0.05, 0.1) is 4.92 Å². The van der Waals surface area contributed by atoms with Gasteiger partial charge in [0.2, 0.25) is 0 Å². The molecule has 1 aromatic rings. The fourth-order valence-corrected chi connectivity index (χ4v) is 1.10. The van der Waals surface area contributed by atoms with E-state index in [4.69, 9.17) is 5.73 Å². The molecule has 0 aliphatic rings. The Hall–Kier alpha value is -1.73. The predicted octanol–water partition coefficient (Wildman–Crippen LogP) is -0.0500. The first-order chi connectivity index (χ1) is 7.74. The summed E-state index contributed by atoms with van der Waals surface area (Å²) in [6.07, 6.45) is 1.23. The molecule has 1 aromatic heterocycles. The van der Waals surface area contributed by atoms with Gasteiger partial charge in [0.25, 0.3) is 5.69 Å². The number of hydrogen-bond donors (Lipinski definition) is 3. The van der Waals surface area contributed by atoms with Gasteiger partial charge >= 0.3 is 0 Å². The normalized spacial score (nSPS) is 10.1. The molecule has 0 spiro atoms. The van der Waals surface area contributed by atoms with Crippen LogP contribution in [0, 0.1) is 10.1 Å². The average Bonchev–Trinajstić information content (AvgIpc) is 2.29. The average molecular weight is 225 g/mol. The van der Waals surface area contributed by atoms with Crippen molar-refractivity contribution in [2.24, 2.45) is 5.73 Å². The number of nitro groups is 1.